The molecule has 2 atom stereocenters. The lowest BCUT2D eigenvalue weighted by molar-refractivity contribution is -0.293. The highest BCUT2D eigenvalue weighted by atomic mass is 16.7. The summed E-state index contributed by atoms with van der Waals surface area (Å²) in [4.78, 5) is 2.49. The number of ether oxygens (including phenoxy) is 3. The second-order valence-electron chi connectivity index (χ2n) is 6.86. The van der Waals surface area contributed by atoms with Crippen LogP contribution in [0.3, 0.4) is 0 Å². The highest BCUT2D eigenvalue weighted by molar-refractivity contribution is 4.82. The van der Waals surface area contributed by atoms with E-state index in [9.17, 15) is 0 Å². The fourth-order valence-electron chi connectivity index (χ4n) is 3.80. The van der Waals surface area contributed by atoms with E-state index in [1.165, 1.54) is 38.6 Å². The van der Waals surface area contributed by atoms with Crippen molar-refractivity contribution in [1.29, 1.82) is 0 Å². The summed E-state index contributed by atoms with van der Waals surface area (Å²) in [5.41, 5.74) is 0. The molecule has 3 fully saturated rings. The molecule has 1 N–H and O–H groups in total. The van der Waals surface area contributed by atoms with Gasteiger partial charge in [0.15, 0.2) is 5.79 Å². The molecule has 0 unspecified atom stereocenters. The molecule has 1 spiro atoms. The number of nitrogens with one attached hydrogen (secondary N) is 1. The summed E-state index contributed by atoms with van der Waals surface area (Å²) in [6.45, 7) is 8.06. The first-order valence-electron chi connectivity index (χ1n) is 9.19. The van der Waals surface area contributed by atoms with Crippen LogP contribution in [-0.4, -0.2) is 69.3 Å². The van der Waals surface area contributed by atoms with E-state index < -0.39 is 0 Å². The predicted molar refractivity (Wildman–Crippen MR) is 86.0 cm³/mol. The van der Waals surface area contributed by atoms with Crippen molar-refractivity contribution in [3.63, 3.8) is 0 Å². The SMILES string of the molecule is C1CC[C@]2(CCC[C@@H](CNCCCN3CCOCC3)O2)OC1. The minimum absolute atomic E-state index is 0.239. The average molecular weight is 312 g/mol. The van der Waals surface area contributed by atoms with Gasteiger partial charge in [0.1, 0.15) is 0 Å². The summed E-state index contributed by atoms with van der Waals surface area (Å²) >= 11 is 0. The van der Waals surface area contributed by atoms with Crippen molar-refractivity contribution >= 4 is 0 Å². The van der Waals surface area contributed by atoms with Gasteiger partial charge in [0.05, 0.1) is 25.9 Å². The molecule has 5 nitrogen and oxygen atoms in total. The van der Waals surface area contributed by atoms with E-state index in [0.717, 1.165) is 58.8 Å². The maximum absolute atomic E-state index is 6.30. The zero-order valence-electron chi connectivity index (χ0n) is 13.9. The molecular weight excluding hydrogens is 280 g/mol. The van der Waals surface area contributed by atoms with Crippen LogP contribution in [0.15, 0.2) is 0 Å². The molecular formula is C17H32N2O3. The van der Waals surface area contributed by atoms with E-state index >= 15 is 0 Å². The van der Waals surface area contributed by atoms with Crippen LogP contribution in [0.4, 0.5) is 0 Å². The number of rotatable bonds is 6. The highest BCUT2D eigenvalue weighted by Crippen LogP contribution is 2.36. The molecule has 0 aromatic rings. The molecule has 0 aromatic carbocycles. The van der Waals surface area contributed by atoms with Crippen molar-refractivity contribution in [2.45, 2.75) is 56.8 Å². The van der Waals surface area contributed by atoms with Crippen molar-refractivity contribution in [1.82, 2.24) is 10.2 Å². The van der Waals surface area contributed by atoms with Crippen molar-refractivity contribution in [2.24, 2.45) is 0 Å². The van der Waals surface area contributed by atoms with E-state index in [-0.39, 0.29) is 5.79 Å². The van der Waals surface area contributed by atoms with Crippen LogP contribution in [0.2, 0.25) is 0 Å². The summed E-state index contributed by atoms with van der Waals surface area (Å²) < 4.78 is 17.7. The Kier molecular flexibility index (Phi) is 6.51. The fraction of sp³-hybridized carbons (Fsp3) is 1.00. The molecule has 128 valence electrons. The quantitative estimate of drug-likeness (QED) is 0.757. The Morgan fingerprint density at radius 3 is 2.73 bits per heavy atom. The lowest BCUT2D eigenvalue weighted by Crippen LogP contribution is -2.48. The molecule has 3 saturated heterocycles. The molecule has 0 radical (unpaired) electrons. The average Bonchev–Trinajstić information content (AvgIpc) is 2.56. The van der Waals surface area contributed by atoms with Crippen molar-refractivity contribution in [3.05, 3.63) is 0 Å². The van der Waals surface area contributed by atoms with Gasteiger partial charge in [0.25, 0.3) is 0 Å². The molecule has 22 heavy (non-hydrogen) atoms. The van der Waals surface area contributed by atoms with Crippen molar-refractivity contribution in [2.75, 3.05) is 52.5 Å². The first kappa shape index (κ1) is 16.7. The summed E-state index contributed by atoms with van der Waals surface area (Å²) in [5.74, 6) is -0.239. The van der Waals surface area contributed by atoms with Crippen LogP contribution in [0.5, 0.6) is 0 Å². The topological polar surface area (TPSA) is 43.0 Å². The van der Waals surface area contributed by atoms with Gasteiger partial charge in [-0.3, -0.25) is 4.90 Å². The van der Waals surface area contributed by atoms with Gasteiger partial charge >= 0.3 is 0 Å². The fourth-order valence-corrected chi connectivity index (χ4v) is 3.80. The van der Waals surface area contributed by atoms with Gasteiger partial charge in [-0.05, 0) is 45.2 Å². The van der Waals surface area contributed by atoms with E-state index in [1.54, 1.807) is 0 Å². The molecule has 0 saturated carbocycles. The molecule has 3 rings (SSSR count). The Morgan fingerprint density at radius 2 is 1.91 bits per heavy atom. The number of morpholine rings is 1. The first-order valence-corrected chi connectivity index (χ1v) is 9.19. The van der Waals surface area contributed by atoms with Crippen LogP contribution in [0.1, 0.15) is 44.9 Å². The minimum Gasteiger partial charge on any atom is -0.379 e. The molecule has 5 heteroatoms. The normalized spacial score (nSPS) is 34.1. The Morgan fingerprint density at radius 1 is 1.05 bits per heavy atom. The number of nitrogens with zero attached hydrogens (tertiary/aromatic N) is 1. The number of hydrogen-bond donors (Lipinski definition) is 1. The Balaban J connectivity index is 1.28. The second kappa shape index (κ2) is 8.60. The molecule has 0 bridgehead atoms. The third-order valence-electron chi connectivity index (χ3n) is 5.09. The smallest absolute Gasteiger partial charge is 0.168 e. The van der Waals surface area contributed by atoms with Crippen molar-refractivity contribution < 1.29 is 14.2 Å². The van der Waals surface area contributed by atoms with E-state index in [4.69, 9.17) is 14.2 Å². The molecule has 0 aromatic heterocycles. The monoisotopic (exact) mass is 312 g/mol. The van der Waals surface area contributed by atoms with Crippen LogP contribution >= 0.6 is 0 Å². The van der Waals surface area contributed by atoms with Gasteiger partial charge in [-0.15, -0.1) is 0 Å². The van der Waals surface area contributed by atoms with Gasteiger partial charge in [-0.25, -0.2) is 0 Å². The zero-order chi connectivity index (χ0) is 15.1. The van der Waals surface area contributed by atoms with Gasteiger partial charge in [-0.1, -0.05) is 0 Å². The Bertz CT molecular complexity index is 310. The highest BCUT2D eigenvalue weighted by Gasteiger charge is 2.39. The number of hydrogen-bond acceptors (Lipinski definition) is 5. The lowest BCUT2D eigenvalue weighted by Gasteiger charge is -2.43. The summed E-state index contributed by atoms with van der Waals surface area (Å²) in [7, 11) is 0. The van der Waals surface area contributed by atoms with Gasteiger partial charge in [0.2, 0.25) is 0 Å². The molecule has 3 heterocycles. The zero-order valence-corrected chi connectivity index (χ0v) is 13.9. The molecule has 3 aliphatic rings. The largest absolute Gasteiger partial charge is 0.379 e. The first-order chi connectivity index (χ1) is 10.9. The van der Waals surface area contributed by atoms with Crippen LogP contribution in [0, 0.1) is 0 Å². The van der Waals surface area contributed by atoms with Crippen LogP contribution in [-0.2, 0) is 14.2 Å². The Hall–Kier alpha value is -0.200. The minimum atomic E-state index is -0.239. The standard InChI is InChI=1S/C17H32N2O3/c1-2-12-21-17(6-1)7-3-5-16(22-17)15-18-8-4-9-19-10-13-20-14-11-19/h16,18H,1-15H2/t16-,17-/m0/s1. The summed E-state index contributed by atoms with van der Waals surface area (Å²) in [6, 6.07) is 0. The Labute approximate surface area is 134 Å². The molecule has 3 aliphatic heterocycles. The summed E-state index contributed by atoms with van der Waals surface area (Å²) in [5, 5.41) is 3.58. The molecule has 0 aliphatic carbocycles. The summed E-state index contributed by atoms with van der Waals surface area (Å²) in [6.07, 6.45) is 8.54. The maximum Gasteiger partial charge on any atom is 0.168 e. The maximum atomic E-state index is 6.30. The van der Waals surface area contributed by atoms with Gasteiger partial charge in [0, 0.05) is 32.5 Å². The van der Waals surface area contributed by atoms with E-state index in [2.05, 4.69) is 10.2 Å². The third kappa shape index (κ3) is 4.90. The third-order valence-corrected chi connectivity index (χ3v) is 5.09. The van der Waals surface area contributed by atoms with Gasteiger partial charge < -0.3 is 19.5 Å². The predicted octanol–water partition coefficient (Wildman–Crippen LogP) is 1.76. The lowest BCUT2D eigenvalue weighted by atomic mass is 9.95. The second-order valence-corrected chi connectivity index (χ2v) is 6.86. The van der Waals surface area contributed by atoms with Crippen LogP contribution < -0.4 is 5.32 Å². The van der Waals surface area contributed by atoms with Crippen LogP contribution in [0.25, 0.3) is 0 Å². The van der Waals surface area contributed by atoms with E-state index in [0.29, 0.717) is 6.10 Å². The van der Waals surface area contributed by atoms with E-state index in [1.807, 2.05) is 0 Å². The molecule has 0 amide bonds. The van der Waals surface area contributed by atoms with Crippen molar-refractivity contribution in [3.8, 4) is 0 Å². The van der Waals surface area contributed by atoms with Gasteiger partial charge in [-0.2, -0.15) is 0 Å².